The van der Waals surface area contributed by atoms with E-state index in [4.69, 9.17) is 0 Å². The molecular weight excluding hydrogens is 214 g/mol. The van der Waals surface area contributed by atoms with Crippen molar-refractivity contribution in [1.29, 1.82) is 0 Å². The number of benzene rings is 1. The van der Waals surface area contributed by atoms with Gasteiger partial charge >= 0.3 is 0 Å². The lowest BCUT2D eigenvalue weighted by Crippen LogP contribution is -2.41. The first-order valence-corrected chi connectivity index (χ1v) is 5.51. The minimum absolute atomic E-state index is 0.198. The molecule has 2 rings (SSSR count). The van der Waals surface area contributed by atoms with Gasteiger partial charge < -0.3 is 5.32 Å². The van der Waals surface area contributed by atoms with Gasteiger partial charge in [-0.15, -0.1) is 10.2 Å². The van der Waals surface area contributed by atoms with Crippen LogP contribution < -0.4 is 5.32 Å². The highest BCUT2D eigenvalue weighted by Gasteiger charge is 2.16. The van der Waals surface area contributed by atoms with Gasteiger partial charge in [0.15, 0.2) is 5.69 Å². The predicted octanol–water partition coefficient (Wildman–Crippen LogP) is 2.16. The standard InChI is InChI=1S/C13H15N3O/c1-13(2,3)14-12(17)11-8-9-6-4-5-7-10(9)15-16-11/h4-8H,1-3H3,(H,14,17). The zero-order chi connectivity index (χ0) is 12.5. The molecule has 0 spiro atoms. The van der Waals surface area contributed by atoms with Gasteiger partial charge in [-0.25, -0.2) is 0 Å². The van der Waals surface area contributed by atoms with Crippen LogP contribution in [0.2, 0.25) is 0 Å². The molecule has 0 aliphatic carbocycles. The molecule has 1 aromatic heterocycles. The summed E-state index contributed by atoms with van der Waals surface area (Å²) in [6, 6.07) is 9.34. The number of aromatic nitrogens is 2. The fraction of sp³-hybridized carbons (Fsp3) is 0.308. The van der Waals surface area contributed by atoms with Crippen molar-refractivity contribution in [2.45, 2.75) is 26.3 Å². The molecule has 17 heavy (non-hydrogen) atoms. The molecule has 1 heterocycles. The van der Waals surface area contributed by atoms with E-state index in [9.17, 15) is 4.79 Å². The average molecular weight is 229 g/mol. The molecule has 4 heteroatoms. The van der Waals surface area contributed by atoms with Crippen LogP contribution in [0.25, 0.3) is 10.9 Å². The number of nitrogens with zero attached hydrogens (tertiary/aromatic N) is 2. The van der Waals surface area contributed by atoms with Crippen molar-refractivity contribution < 1.29 is 4.79 Å². The van der Waals surface area contributed by atoms with Crippen molar-refractivity contribution in [1.82, 2.24) is 15.5 Å². The van der Waals surface area contributed by atoms with Crippen LogP contribution in [0.15, 0.2) is 30.3 Å². The van der Waals surface area contributed by atoms with Gasteiger partial charge in [0, 0.05) is 10.9 Å². The second-order valence-corrected chi connectivity index (χ2v) is 4.99. The van der Waals surface area contributed by atoms with Crippen molar-refractivity contribution in [3.05, 3.63) is 36.0 Å². The van der Waals surface area contributed by atoms with Crippen LogP contribution >= 0.6 is 0 Å². The van der Waals surface area contributed by atoms with Crippen LogP contribution in [0.4, 0.5) is 0 Å². The number of amides is 1. The molecule has 0 saturated heterocycles. The first-order chi connectivity index (χ1) is 7.96. The number of carbonyl (C=O) groups excluding carboxylic acids is 1. The maximum absolute atomic E-state index is 11.9. The number of fused-ring (bicyclic) bond motifs is 1. The van der Waals surface area contributed by atoms with E-state index in [1.807, 2.05) is 45.0 Å². The van der Waals surface area contributed by atoms with Gasteiger partial charge in [-0.2, -0.15) is 0 Å². The fourth-order valence-corrected chi connectivity index (χ4v) is 1.50. The Morgan fingerprint density at radius 1 is 1.18 bits per heavy atom. The molecule has 4 nitrogen and oxygen atoms in total. The van der Waals surface area contributed by atoms with Crippen LogP contribution in [0, 0.1) is 0 Å². The van der Waals surface area contributed by atoms with E-state index in [1.54, 1.807) is 6.07 Å². The molecule has 0 saturated carbocycles. The number of nitrogens with one attached hydrogen (secondary N) is 1. The molecular formula is C13H15N3O. The first-order valence-electron chi connectivity index (χ1n) is 5.51. The highest BCUT2D eigenvalue weighted by molar-refractivity contribution is 5.95. The molecule has 0 bridgehead atoms. The normalized spacial score (nSPS) is 11.5. The van der Waals surface area contributed by atoms with E-state index >= 15 is 0 Å². The topological polar surface area (TPSA) is 54.9 Å². The second kappa shape index (κ2) is 4.13. The van der Waals surface area contributed by atoms with E-state index in [0.717, 1.165) is 10.9 Å². The Kier molecular flexibility index (Phi) is 2.79. The molecule has 2 aromatic rings. The van der Waals surface area contributed by atoms with Gasteiger partial charge in [0.1, 0.15) is 0 Å². The van der Waals surface area contributed by atoms with Crippen LogP contribution in [0.3, 0.4) is 0 Å². The van der Waals surface area contributed by atoms with Crippen molar-refractivity contribution >= 4 is 16.8 Å². The summed E-state index contributed by atoms with van der Waals surface area (Å²) in [6.07, 6.45) is 0. The highest BCUT2D eigenvalue weighted by Crippen LogP contribution is 2.11. The summed E-state index contributed by atoms with van der Waals surface area (Å²) in [7, 11) is 0. The van der Waals surface area contributed by atoms with E-state index in [1.165, 1.54) is 0 Å². The molecule has 0 aliphatic heterocycles. The Labute approximate surface area is 100 Å². The van der Waals surface area contributed by atoms with Crippen LogP contribution in [0.1, 0.15) is 31.3 Å². The van der Waals surface area contributed by atoms with Gasteiger partial charge in [0.2, 0.25) is 0 Å². The lowest BCUT2D eigenvalue weighted by molar-refractivity contribution is 0.0913. The number of carbonyl (C=O) groups is 1. The molecule has 0 atom stereocenters. The summed E-state index contributed by atoms with van der Waals surface area (Å²) in [6.45, 7) is 5.79. The first kappa shape index (κ1) is 11.5. The predicted molar refractivity (Wildman–Crippen MR) is 66.8 cm³/mol. The fourth-order valence-electron chi connectivity index (χ4n) is 1.50. The Balaban J connectivity index is 2.33. The summed E-state index contributed by atoms with van der Waals surface area (Å²) in [5, 5.41) is 11.7. The van der Waals surface area contributed by atoms with Crippen LogP contribution in [-0.2, 0) is 0 Å². The molecule has 1 N–H and O–H groups in total. The summed E-state index contributed by atoms with van der Waals surface area (Å²) in [5.74, 6) is -0.198. The number of hydrogen-bond donors (Lipinski definition) is 1. The third kappa shape index (κ3) is 2.78. The van der Waals surface area contributed by atoms with Gasteiger partial charge in [0.05, 0.1) is 5.52 Å². The zero-order valence-corrected chi connectivity index (χ0v) is 10.2. The second-order valence-electron chi connectivity index (χ2n) is 4.99. The molecule has 88 valence electrons. The van der Waals surface area contributed by atoms with E-state index in [2.05, 4.69) is 15.5 Å². The van der Waals surface area contributed by atoms with Crippen LogP contribution in [-0.4, -0.2) is 21.6 Å². The minimum Gasteiger partial charge on any atom is -0.346 e. The van der Waals surface area contributed by atoms with Gasteiger partial charge in [-0.05, 0) is 32.9 Å². The van der Waals surface area contributed by atoms with Crippen molar-refractivity contribution in [2.75, 3.05) is 0 Å². The Morgan fingerprint density at radius 2 is 1.88 bits per heavy atom. The van der Waals surface area contributed by atoms with Crippen LogP contribution in [0.5, 0.6) is 0 Å². The summed E-state index contributed by atoms with van der Waals surface area (Å²) < 4.78 is 0. The molecule has 0 fully saturated rings. The maximum atomic E-state index is 11.9. The molecule has 0 unspecified atom stereocenters. The summed E-state index contributed by atoms with van der Waals surface area (Å²) >= 11 is 0. The monoisotopic (exact) mass is 229 g/mol. The quantitative estimate of drug-likeness (QED) is 0.815. The van der Waals surface area contributed by atoms with E-state index < -0.39 is 0 Å². The lowest BCUT2D eigenvalue weighted by Gasteiger charge is -2.19. The highest BCUT2D eigenvalue weighted by atomic mass is 16.2. The van der Waals surface area contributed by atoms with Crippen molar-refractivity contribution in [3.8, 4) is 0 Å². The molecule has 0 radical (unpaired) electrons. The summed E-state index contributed by atoms with van der Waals surface area (Å²) in [5.41, 5.74) is 0.864. The van der Waals surface area contributed by atoms with Gasteiger partial charge in [-0.3, -0.25) is 4.79 Å². The number of hydrogen-bond acceptors (Lipinski definition) is 3. The Morgan fingerprint density at radius 3 is 2.59 bits per heavy atom. The smallest absolute Gasteiger partial charge is 0.272 e. The maximum Gasteiger partial charge on any atom is 0.272 e. The minimum atomic E-state index is -0.273. The van der Waals surface area contributed by atoms with Gasteiger partial charge in [0.25, 0.3) is 5.91 Å². The third-order valence-electron chi connectivity index (χ3n) is 2.22. The van der Waals surface area contributed by atoms with E-state index in [-0.39, 0.29) is 11.4 Å². The SMILES string of the molecule is CC(C)(C)NC(=O)c1cc2ccccc2nn1. The largest absolute Gasteiger partial charge is 0.346 e. The average Bonchev–Trinajstić information content (AvgIpc) is 2.26. The van der Waals surface area contributed by atoms with Gasteiger partial charge in [-0.1, -0.05) is 18.2 Å². The molecule has 1 aromatic carbocycles. The Bertz CT molecular complexity index is 558. The number of rotatable bonds is 1. The summed E-state index contributed by atoms with van der Waals surface area (Å²) in [4.78, 5) is 11.9. The molecule has 1 amide bonds. The van der Waals surface area contributed by atoms with Crippen molar-refractivity contribution in [3.63, 3.8) is 0 Å². The van der Waals surface area contributed by atoms with E-state index in [0.29, 0.717) is 5.69 Å². The third-order valence-corrected chi connectivity index (χ3v) is 2.22. The van der Waals surface area contributed by atoms with Crippen molar-refractivity contribution in [2.24, 2.45) is 0 Å². The Hall–Kier alpha value is -1.97. The zero-order valence-electron chi connectivity index (χ0n) is 10.2. The lowest BCUT2D eigenvalue weighted by atomic mass is 10.1. The molecule has 0 aliphatic rings.